The topological polar surface area (TPSA) is 72.2 Å². The second kappa shape index (κ2) is 6.75. The Bertz CT molecular complexity index is 961. The first-order valence-corrected chi connectivity index (χ1v) is 9.46. The Kier molecular flexibility index (Phi) is 4.69. The van der Waals surface area contributed by atoms with Crippen LogP contribution < -0.4 is 4.72 Å². The van der Waals surface area contributed by atoms with Crippen molar-refractivity contribution in [2.45, 2.75) is 26.0 Å². The van der Waals surface area contributed by atoms with E-state index in [1.54, 1.807) is 6.92 Å². The van der Waals surface area contributed by atoms with Crippen LogP contribution in [0.3, 0.4) is 0 Å². The molecule has 1 aromatic heterocycles. The lowest BCUT2D eigenvalue weighted by atomic mass is 10.1. The van der Waals surface area contributed by atoms with E-state index in [0.717, 1.165) is 27.8 Å². The van der Waals surface area contributed by atoms with E-state index in [-0.39, 0.29) is 5.75 Å². The first-order valence-electron chi connectivity index (χ1n) is 7.81. The molecular weight excluding hydrogens is 324 g/mol. The predicted molar refractivity (Wildman–Crippen MR) is 94.3 cm³/mol. The summed E-state index contributed by atoms with van der Waals surface area (Å²) in [7, 11) is -3.35. The van der Waals surface area contributed by atoms with E-state index in [9.17, 15) is 8.42 Å². The minimum atomic E-state index is -3.35. The molecule has 1 heterocycles. The minimum absolute atomic E-state index is 0.00000693. The molecule has 0 atom stereocenters. The third kappa shape index (κ3) is 4.01. The largest absolute Gasteiger partial charge is 0.441 e. The van der Waals surface area contributed by atoms with Gasteiger partial charge in [0, 0.05) is 13.5 Å². The fourth-order valence-electron chi connectivity index (χ4n) is 2.62. The highest BCUT2D eigenvalue weighted by atomic mass is 32.2. The van der Waals surface area contributed by atoms with Crippen molar-refractivity contribution in [1.29, 1.82) is 0 Å². The highest BCUT2D eigenvalue weighted by molar-refractivity contribution is 7.88. The van der Waals surface area contributed by atoms with E-state index < -0.39 is 10.0 Å². The van der Waals surface area contributed by atoms with E-state index in [0.29, 0.717) is 18.9 Å². The molecule has 3 rings (SSSR count). The van der Waals surface area contributed by atoms with Crippen LogP contribution in [0.15, 0.2) is 46.9 Å². The number of fused-ring (bicyclic) bond motifs is 1. The summed E-state index contributed by atoms with van der Waals surface area (Å²) in [4.78, 5) is 4.25. The maximum absolute atomic E-state index is 12.2. The third-order valence-corrected chi connectivity index (χ3v) is 5.24. The standard InChI is InChI=1S/C18H20N2O3S/c1-13-5-3-4-6-16(13)12-24(21,22)19-10-9-15-7-8-17-18(11-15)23-14(2)20-17/h3-8,11,19H,9-10,12H2,1-2H3. The number of aryl methyl sites for hydroxylation is 2. The van der Waals surface area contributed by atoms with Gasteiger partial charge in [0.2, 0.25) is 10.0 Å². The molecule has 0 unspecified atom stereocenters. The van der Waals surface area contributed by atoms with E-state index in [1.807, 2.05) is 49.4 Å². The van der Waals surface area contributed by atoms with Crippen LogP contribution in [0.5, 0.6) is 0 Å². The molecule has 2 aromatic carbocycles. The summed E-state index contributed by atoms with van der Waals surface area (Å²) >= 11 is 0. The van der Waals surface area contributed by atoms with Crippen molar-refractivity contribution in [1.82, 2.24) is 9.71 Å². The Morgan fingerprint density at radius 2 is 1.92 bits per heavy atom. The zero-order chi connectivity index (χ0) is 17.2. The number of nitrogens with one attached hydrogen (secondary N) is 1. The predicted octanol–water partition coefficient (Wildman–Crippen LogP) is 3.11. The molecule has 0 aliphatic carbocycles. The van der Waals surface area contributed by atoms with Crippen molar-refractivity contribution < 1.29 is 12.8 Å². The summed E-state index contributed by atoms with van der Waals surface area (Å²) in [5.41, 5.74) is 4.36. The van der Waals surface area contributed by atoms with E-state index >= 15 is 0 Å². The first-order chi connectivity index (χ1) is 11.4. The Hall–Kier alpha value is -2.18. The molecule has 0 saturated heterocycles. The van der Waals surface area contributed by atoms with Gasteiger partial charge in [0.25, 0.3) is 0 Å². The van der Waals surface area contributed by atoms with Gasteiger partial charge in [0.15, 0.2) is 11.5 Å². The van der Waals surface area contributed by atoms with Crippen LogP contribution in [-0.4, -0.2) is 19.9 Å². The second-order valence-corrected chi connectivity index (χ2v) is 7.67. The lowest BCUT2D eigenvalue weighted by Gasteiger charge is -2.09. The molecule has 0 saturated carbocycles. The van der Waals surface area contributed by atoms with Crippen LogP contribution in [0.4, 0.5) is 0 Å². The van der Waals surface area contributed by atoms with Gasteiger partial charge in [0.1, 0.15) is 5.52 Å². The van der Waals surface area contributed by atoms with Crippen LogP contribution >= 0.6 is 0 Å². The average Bonchev–Trinajstić information content (AvgIpc) is 2.88. The third-order valence-electron chi connectivity index (χ3n) is 3.90. The molecule has 126 valence electrons. The second-order valence-electron chi connectivity index (χ2n) is 5.86. The van der Waals surface area contributed by atoms with Gasteiger partial charge in [-0.2, -0.15) is 0 Å². The lowest BCUT2D eigenvalue weighted by Crippen LogP contribution is -2.27. The van der Waals surface area contributed by atoms with Crippen LogP contribution in [-0.2, 0) is 22.2 Å². The van der Waals surface area contributed by atoms with Crippen molar-refractivity contribution in [2.75, 3.05) is 6.54 Å². The summed E-state index contributed by atoms with van der Waals surface area (Å²) < 4.78 is 32.6. The Balaban J connectivity index is 1.61. The molecule has 0 aliphatic heterocycles. The number of hydrogen-bond donors (Lipinski definition) is 1. The number of aromatic nitrogens is 1. The summed E-state index contributed by atoms with van der Waals surface area (Å²) in [5, 5.41) is 0. The average molecular weight is 344 g/mol. The summed E-state index contributed by atoms with van der Waals surface area (Å²) in [6, 6.07) is 13.3. The lowest BCUT2D eigenvalue weighted by molar-refractivity contribution is 0.560. The summed E-state index contributed by atoms with van der Waals surface area (Å²) in [6.45, 7) is 4.08. The molecule has 0 spiro atoms. The van der Waals surface area contributed by atoms with Crippen LogP contribution in [0, 0.1) is 13.8 Å². The number of nitrogens with zero attached hydrogens (tertiary/aromatic N) is 1. The van der Waals surface area contributed by atoms with Gasteiger partial charge in [0.05, 0.1) is 5.75 Å². The quantitative estimate of drug-likeness (QED) is 0.746. The van der Waals surface area contributed by atoms with Crippen LogP contribution in [0.2, 0.25) is 0 Å². The summed E-state index contributed by atoms with van der Waals surface area (Å²) in [5.74, 6) is 0.626. The monoisotopic (exact) mass is 344 g/mol. The van der Waals surface area contributed by atoms with Crippen LogP contribution in [0.25, 0.3) is 11.1 Å². The van der Waals surface area contributed by atoms with Gasteiger partial charge in [-0.15, -0.1) is 0 Å². The highest BCUT2D eigenvalue weighted by Gasteiger charge is 2.12. The molecule has 0 bridgehead atoms. The SMILES string of the molecule is Cc1nc2ccc(CCNS(=O)(=O)Cc3ccccc3C)cc2o1. The molecular formula is C18H20N2O3S. The fourth-order valence-corrected chi connectivity index (χ4v) is 3.87. The highest BCUT2D eigenvalue weighted by Crippen LogP contribution is 2.17. The molecule has 0 fully saturated rings. The van der Waals surface area contributed by atoms with Crippen molar-refractivity contribution >= 4 is 21.1 Å². The number of oxazole rings is 1. The van der Waals surface area contributed by atoms with Gasteiger partial charge in [-0.05, 0) is 42.2 Å². The van der Waals surface area contributed by atoms with Crippen molar-refractivity contribution in [2.24, 2.45) is 0 Å². The Labute approximate surface area is 141 Å². The van der Waals surface area contributed by atoms with E-state index in [2.05, 4.69) is 9.71 Å². The smallest absolute Gasteiger partial charge is 0.215 e. The molecule has 5 nitrogen and oxygen atoms in total. The normalized spacial score (nSPS) is 11.9. The summed E-state index contributed by atoms with van der Waals surface area (Å²) in [6.07, 6.45) is 0.600. The molecule has 3 aromatic rings. The van der Waals surface area contributed by atoms with E-state index in [4.69, 9.17) is 4.42 Å². The van der Waals surface area contributed by atoms with Crippen LogP contribution in [0.1, 0.15) is 22.6 Å². The molecule has 0 radical (unpaired) electrons. The van der Waals surface area contributed by atoms with Gasteiger partial charge in [-0.1, -0.05) is 30.3 Å². The van der Waals surface area contributed by atoms with Gasteiger partial charge in [-0.25, -0.2) is 18.1 Å². The van der Waals surface area contributed by atoms with Crippen molar-refractivity contribution in [3.63, 3.8) is 0 Å². The molecule has 1 N–H and O–H groups in total. The Morgan fingerprint density at radius 3 is 2.71 bits per heavy atom. The maximum atomic E-state index is 12.2. The molecule has 0 amide bonds. The van der Waals surface area contributed by atoms with E-state index in [1.165, 1.54) is 0 Å². The molecule has 24 heavy (non-hydrogen) atoms. The number of hydrogen-bond acceptors (Lipinski definition) is 4. The number of rotatable bonds is 6. The van der Waals surface area contributed by atoms with Gasteiger partial charge in [-0.3, -0.25) is 0 Å². The molecule has 0 aliphatic rings. The zero-order valence-electron chi connectivity index (χ0n) is 13.7. The number of sulfonamides is 1. The minimum Gasteiger partial charge on any atom is -0.441 e. The molecule has 6 heteroatoms. The van der Waals surface area contributed by atoms with Gasteiger partial charge < -0.3 is 4.42 Å². The van der Waals surface area contributed by atoms with Crippen molar-refractivity contribution in [3.8, 4) is 0 Å². The maximum Gasteiger partial charge on any atom is 0.215 e. The number of benzene rings is 2. The van der Waals surface area contributed by atoms with Gasteiger partial charge >= 0.3 is 0 Å². The fraction of sp³-hybridized carbons (Fsp3) is 0.278. The Morgan fingerprint density at radius 1 is 1.12 bits per heavy atom. The first kappa shape index (κ1) is 16.7. The van der Waals surface area contributed by atoms with Crippen molar-refractivity contribution in [3.05, 3.63) is 65.0 Å². The zero-order valence-corrected chi connectivity index (χ0v) is 14.6.